The van der Waals surface area contributed by atoms with Gasteiger partial charge >= 0.3 is 0 Å². The van der Waals surface area contributed by atoms with Crippen molar-refractivity contribution in [1.82, 2.24) is 0 Å². The van der Waals surface area contributed by atoms with Gasteiger partial charge in [0.05, 0.1) is 6.10 Å². The molecule has 0 heterocycles. The minimum atomic E-state index is -1.86. The van der Waals surface area contributed by atoms with Crippen LogP contribution in [0, 0.1) is 0 Å². The molecule has 0 radical (unpaired) electrons. The van der Waals surface area contributed by atoms with E-state index in [1.54, 1.807) is 6.07 Å². The largest absolute Gasteiger partial charge is 0.490 e. The topological polar surface area (TPSA) is 9.23 Å². The van der Waals surface area contributed by atoms with Crippen LogP contribution in [0.3, 0.4) is 0 Å². The summed E-state index contributed by atoms with van der Waals surface area (Å²) in [5.41, 5.74) is -0.339. The molecule has 1 fully saturated rings. The predicted octanol–water partition coefficient (Wildman–Crippen LogP) is 7.31. The lowest BCUT2D eigenvalue weighted by Crippen LogP contribution is -2.19. The first-order valence-corrected chi connectivity index (χ1v) is 8.99. The van der Waals surface area contributed by atoms with Crippen molar-refractivity contribution in [1.29, 1.82) is 0 Å². The summed E-state index contributed by atoms with van der Waals surface area (Å²) in [6.07, 6.45) is 5.50. The van der Waals surface area contributed by atoms with E-state index in [1.165, 1.54) is 55.0 Å². The molecule has 5 heteroatoms. The van der Waals surface area contributed by atoms with Gasteiger partial charge in [-0.15, -0.1) is 0 Å². The van der Waals surface area contributed by atoms with Crippen molar-refractivity contribution < 1.29 is 22.3 Å². The van der Waals surface area contributed by atoms with Crippen molar-refractivity contribution in [2.45, 2.75) is 38.2 Å². The summed E-state index contributed by atoms with van der Waals surface area (Å²) in [5.74, 6) is -6.08. The smallest absolute Gasteiger partial charge is 0.198 e. The quantitative estimate of drug-likeness (QED) is 0.392. The number of halogens is 4. The zero-order valence-electron chi connectivity index (χ0n) is 14.7. The van der Waals surface area contributed by atoms with E-state index in [0.717, 1.165) is 25.7 Å². The first-order chi connectivity index (χ1) is 13.1. The molecule has 0 N–H and O–H groups in total. The number of allylic oxidation sites excluding steroid dienone is 2. The Hall–Kier alpha value is -2.56. The SMILES string of the molecule is FC(/C(F)=C(\F)c1ccc(OC2CCCCC2)cc1)=C(/F)c1ccccc1. The van der Waals surface area contributed by atoms with Gasteiger partial charge in [-0.3, -0.25) is 0 Å². The second-order valence-electron chi connectivity index (χ2n) is 6.52. The van der Waals surface area contributed by atoms with Crippen LogP contribution in [0.25, 0.3) is 11.7 Å². The van der Waals surface area contributed by atoms with E-state index in [0.29, 0.717) is 5.75 Å². The second kappa shape index (κ2) is 8.89. The van der Waals surface area contributed by atoms with Gasteiger partial charge in [0.2, 0.25) is 0 Å². The zero-order chi connectivity index (χ0) is 19.2. The highest BCUT2D eigenvalue weighted by atomic mass is 19.2. The van der Waals surface area contributed by atoms with Crippen molar-refractivity contribution >= 4 is 11.7 Å². The van der Waals surface area contributed by atoms with E-state index in [-0.39, 0.29) is 17.2 Å². The minimum Gasteiger partial charge on any atom is -0.490 e. The Kier molecular flexibility index (Phi) is 6.32. The van der Waals surface area contributed by atoms with Gasteiger partial charge in [0, 0.05) is 11.1 Å². The molecule has 1 saturated carbocycles. The molecular formula is C22H20F4O. The first kappa shape index (κ1) is 19.2. The number of rotatable bonds is 5. The second-order valence-corrected chi connectivity index (χ2v) is 6.52. The number of ether oxygens (including phenoxy) is 1. The number of hydrogen-bond acceptors (Lipinski definition) is 1. The minimum absolute atomic E-state index is 0.127. The van der Waals surface area contributed by atoms with Crippen LogP contribution in [0.1, 0.15) is 43.2 Å². The Bertz CT molecular complexity index is 819. The van der Waals surface area contributed by atoms with E-state index >= 15 is 0 Å². The van der Waals surface area contributed by atoms with Gasteiger partial charge in [-0.2, -0.15) is 0 Å². The summed E-state index contributed by atoms with van der Waals surface area (Å²) >= 11 is 0. The molecule has 2 aromatic rings. The van der Waals surface area contributed by atoms with Gasteiger partial charge in [-0.25, -0.2) is 17.6 Å². The molecule has 3 rings (SSSR count). The molecular weight excluding hydrogens is 356 g/mol. The molecule has 0 atom stereocenters. The van der Waals surface area contributed by atoms with Crippen molar-refractivity contribution in [3.8, 4) is 5.75 Å². The Morgan fingerprint density at radius 2 is 1.19 bits per heavy atom. The average molecular weight is 376 g/mol. The molecule has 1 aliphatic rings. The number of hydrogen-bond donors (Lipinski definition) is 0. The van der Waals surface area contributed by atoms with Crippen molar-refractivity contribution in [3.63, 3.8) is 0 Å². The van der Waals surface area contributed by atoms with Gasteiger partial charge in [0.1, 0.15) is 5.75 Å². The fourth-order valence-corrected chi connectivity index (χ4v) is 3.09. The summed E-state index contributed by atoms with van der Waals surface area (Å²) in [7, 11) is 0. The molecule has 0 saturated heterocycles. The maximum atomic E-state index is 14.3. The Balaban J connectivity index is 1.78. The van der Waals surface area contributed by atoms with Crippen LogP contribution in [0.2, 0.25) is 0 Å². The zero-order valence-corrected chi connectivity index (χ0v) is 14.7. The summed E-state index contributed by atoms with van der Waals surface area (Å²) in [6.45, 7) is 0. The van der Waals surface area contributed by atoms with Crippen molar-refractivity contribution in [2.75, 3.05) is 0 Å². The molecule has 1 nitrogen and oxygen atoms in total. The van der Waals surface area contributed by atoms with Crippen LogP contribution in [-0.2, 0) is 0 Å². The van der Waals surface area contributed by atoms with Crippen LogP contribution in [-0.4, -0.2) is 6.10 Å². The monoisotopic (exact) mass is 376 g/mol. The molecule has 27 heavy (non-hydrogen) atoms. The Labute approximate surface area is 156 Å². The van der Waals surface area contributed by atoms with Crippen LogP contribution in [0.15, 0.2) is 66.3 Å². The predicted molar refractivity (Wildman–Crippen MR) is 98.7 cm³/mol. The van der Waals surface area contributed by atoms with Crippen LogP contribution < -0.4 is 4.74 Å². The standard InChI is InChI=1S/C22H20F4O/c23-19(15-7-3-1-4-8-15)21(25)22(26)20(24)16-11-13-18(14-12-16)27-17-9-5-2-6-10-17/h1,3-4,7-8,11-14,17H,2,5-6,9-10H2/b21-19+,22-20+. The maximum Gasteiger partial charge on any atom is 0.198 e. The molecule has 2 aromatic carbocycles. The van der Waals surface area contributed by atoms with Gasteiger partial charge in [0.25, 0.3) is 0 Å². The average Bonchev–Trinajstić information content (AvgIpc) is 2.73. The van der Waals surface area contributed by atoms with E-state index in [1.807, 2.05) is 0 Å². The third-order valence-electron chi connectivity index (χ3n) is 4.57. The molecule has 0 aromatic heterocycles. The van der Waals surface area contributed by atoms with Crippen molar-refractivity contribution in [3.05, 3.63) is 77.4 Å². The van der Waals surface area contributed by atoms with Crippen LogP contribution in [0.5, 0.6) is 5.75 Å². The molecule has 142 valence electrons. The highest BCUT2D eigenvalue weighted by molar-refractivity contribution is 5.71. The fraction of sp³-hybridized carbons (Fsp3) is 0.273. The molecule has 1 aliphatic carbocycles. The van der Waals surface area contributed by atoms with E-state index in [4.69, 9.17) is 4.74 Å². The molecule has 0 spiro atoms. The summed E-state index contributed by atoms with van der Waals surface area (Å²) in [6, 6.07) is 12.7. The lowest BCUT2D eigenvalue weighted by atomic mass is 9.98. The molecule has 0 aliphatic heterocycles. The Morgan fingerprint density at radius 3 is 1.74 bits per heavy atom. The van der Waals surface area contributed by atoms with Gasteiger partial charge in [0.15, 0.2) is 23.3 Å². The third kappa shape index (κ3) is 4.79. The van der Waals surface area contributed by atoms with Crippen LogP contribution in [0.4, 0.5) is 17.6 Å². The molecule has 0 amide bonds. The Morgan fingerprint density at radius 1 is 0.667 bits per heavy atom. The fourth-order valence-electron chi connectivity index (χ4n) is 3.09. The maximum absolute atomic E-state index is 14.3. The number of benzene rings is 2. The summed E-state index contributed by atoms with van der Waals surface area (Å²) in [4.78, 5) is 0. The summed E-state index contributed by atoms with van der Waals surface area (Å²) < 4.78 is 62.2. The molecule has 0 bridgehead atoms. The van der Waals surface area contributed by atoms with Crippen LogP contribution >= 0.6 is 0 Å². The van der Waals surface area contributed by atoms with E-state index in [2.05, 4.69) is 0 Å². The van der Waals surface area contributed by atoms with Gasteiger partial charge in [-0.1, -0.05) is 36.8 Å². The lowest BCUT2D eigenvalue weighted by Gasteiger charge is -2.23. The van der Waals surface area contributed by atoms with E-state index < -0.39 is 23.3 Å². The highest BCUT2D eigenvalue weighted by Crippen LogP contribution is 2.33. The third-order valence-corrected chi connectivity index (χ3v) is 4.57. The highest BCUT2D eigenvalue weighted by Gasteiger charge is 2.20. The lowest BCUT2D eigenvalue weighted by molar-refractivity contribution is 0.155. The first-order valence-electron chi connectivity index (χ1n) is 8.99. The normalized spacial score (nSPS) is 17.2. The van der Waals surface area contributed by atoms with Gasteiger partial charge in [-0.05, 0) is 49.9 Å². The summed E-state index contributed by atoms with van der Waals surface area (Å²) in [5, 5.41) is 0. The van der Waals surface area contributed by atoms with E-state index in [9.17, 15) is 17.6 Å². The molecule has 0 unspecified atom stereocenters. The van der Waals surface area contributed by atoms with Crippen molar-refractivity contribution in [2.24, 2.45) is 0 Å². The van der Waals surface area contributed by atoms with Gasteiger partial charge < -0.3 is 4.74 Å².